The first-order valence-corrected chi connectivity index (χ1v) is 6.59. The van der Waals surface area contributed by atoms with Crippen LogP contribution >= 0.6 is 0 Å². The van der Waals surface area contributed by atoms with Crippen molar-refractivity contribution >= 4 is 5.97 Å². The Kier molecular flexibility index (Phi) is 5.02. The maximum Gasteiger partial charge on any atom is 0.360 e. The van der Waals surface area contributed by atoms with Gasteiger partial charge in [0.05, 0.1) is 26.0 Å². The summed E-state index contributed by atoms with van der Waals surface area (Å²) in [6.45, 7) is 0.875. The Hall–Kier alpha value is -2.25. The highest BCUT2D eigenvalue weighted by atomic mass is 16.5. The highest BCUT2D eigenvalue weighted by Crippen LogP contribution is 2.11. The molecule has 0 amide bonds. The van der Waals surface area contributed by atoms with Gasteiger partial charge in [-0.25, -0.2) is 9.48 Å². The van der Waals surface area contributed by atoms with Gasteiger partial charge in [0.15, 0.2) is 5.69 Å². The van der Waals surface area contributed by atoms with Crippen molar-refractivity contribution in [1.82, 2.24) is 15.0 Å². The molecule has 1 aromatic carbocycles. The number of carbonyl (C=O) groups is 1. The van der Waals surface area contributed by atoms with Crippen LogP contribution in [-0.4, -0.2) is 39.7 Å². The average Bonchev–Trinajstić information content (AvgIpc) is 2.90. The first kappa shape index (κ1) is 15.1. The minimum absolute atomic E-state index is 0.00845. The molecular formula is C14H18N4O3. The van der Waals surface area contributed by atoms with Crippen molar-refractivity contribution in [2.24, 2.45) is 5.73 Å². The van der Waals surface area contributed by atoms with Crippen molar-refractivity contribution in [3.63, 3.8) is 0 Å². The van der Waals surface area contributed by atoms with Crippen LogP contribution < -0.4 is 5.73 Å². The number of hydrogen-bond acceptors (Lipinski definition) is 6. The largest absolute Gasteiger partial charge is 0.464 e. The molecule has 0 atom stereocenters. The molecule has 0 saturated carbocycles. The summed E-state index contributed by atoms with van der Waals surface area (Å²) in [7, 11) is 1.31. The van der Waals surface area contributed by atoms with E-state index in [2.05, 4.69) is 10.3 Å². The molecule has 0 aliphatic carbocycles. The third-order valence-corrected chi connectivity index (χ3v) is 3.14. The van der Waals surface area contributed by atoms with Crippen molar-refractivity contribution in [2.45, 2.75) is 19.6 Å². The van der Waals surface area contributed by atoms with E-state index < -0.39 is 5.97 Å². The SMILES string of the molecule is COC(=O)c1nnn(Cc2ccc(CO)cc2)c1CCN. The Morgan fingerprint density at radius 3 is 2.57 bits per heavy atom. The van der Waals surface area contributed by atoms with Gasteiger partial charge < -0.3 is 15.6 Å². The van der Waals surface area contributed by atoms with Crippen molar-refractivity contribution in [3.05, 3.63) is 46.8 Å². The standard InChI is InChI=1S/C14H18N4O3/c1-21-14(20)13-12(6-7-15)18(17-16-13)8-10-2-4-11(9-19)5-3-10/h2-5,19H,6-9,15H2,1H3. The van der Waals surface area contributed by atoms with E-state index in [1.165, 1.54) is 7.11 Å². The number of nitrogens with two attached hydrogens (primary N) is 1. The van der Waals surface area contributed by atoms with Crippen LogP contribution in [0.25, 0.3) is 0 Å². The zero-order chi connectivity index (χ0) is 15.2. The number of aliphatic hydroxyl groups is 1. The molecule has 0 saturated heterocycles. The number of nitrogens with zero attached hydrogens (tertiary/aromatic N) is 3. The zero-order valence-corrected chi connectivity index (χ0v) is 11.8. The van der Waals surface area contributed by atoms with Crippen LogP contribution in [0.15, 0.2) is 24.3 Å². The van der Waals surface area contributed by atoms with E-state index in [0.29, 0.717) is 25.2 Å². The molecule has 0 fully saturated rings. The second-order valence-electron chi connectivity index (χ2n) is 4.55. The maximum atomic E-state index is 11.7. The quantitative estimate of drug-likeness (QED) is 0.732. The summed E-state index contributed by atoms with van der Waals surface area (Å²) in [4.78, 5) is 11.7. The lowest BCUT2D eigenvalue weighted by molar-refractivity contribution is 0.0592. The molecule has 0 aliphatic heterocycles. The van der Waals surface area contributed by atoms with Gasteiger partial charge in [-0.05, 0) is 17.7 Å². The Morgan fingerprint density at radius 1 is 1.33 bits per heavy atom. The highest BCUT2D eigenvalue weighted by molar-refractivity contribution is 5.88. The molecule has 0 unspecified atom stereocenters. The van der Waals surface area contributed by atoms with Gasteiger partial charge in [0.2, 0.25) is 0 Å². The maximum absolute atomic E-state index is 11.7. The van der Waals surface area contributed by atoms with E-state index in [9.17, 15) is 4.79 Å². The van der Waals surface area contributed by atoms with Crippen LogP contribution in [0.4, 0.5) is 0 Å². The molecule has 1 heterocycles. The summed E-state index contributed by atoms with van der Waals surface area (Å²) < 4.78 is 6.34. The van der Waals surface area contributed by atoms with E-state index in [1.807, 2.05) is 24.3 Å². The smallest absolute Gasteiger partial charge is 0.360 e. The monoisotopic (exact) mass is 290 g/mol. The predicted octanol–water partition coefficient (Wildman–Crippen LogP) is 0.106. The lowest BCUT2D eigenvalue weighted by atomic mass is 10.1. The van der Waals surface area contributed by atoms with Crippen LogP contribution in [-0.2, 0) is 24.3 Å². The summed E-state index contributed by atoms with van der Waals surface area (Å²) in [6.07, 6.45) is 0.492. The lowest BCUT2D eigenvalue weighted by Crippen LogP contribution is -2.14. The summed E-state index contributed by atoms with van der Waals surface area (Å²) in [5, 5.41) is 16.9. The Balaban J connectivity index is 2.25. The summed E-state index contributed by atoms with van der Waals surface area (Å²) >= 11 is 0. The van der Waals surface area contributed by atoms with Crippen molar-refractivity contribution in [1.29, 1.82) is 0 Å². The van der Waals surface area contributed by atoms with Gasteiger partial charge in [-0.2, -0.15) is 0 Å². The Morgan fingerprint density at radius 2 is 2.00 bits per heavy atom. The minimum atomic E-state index is -0.514. The van der Waals surface area contributed by atoms with Gasteiger partial charge in [-0.1, -0.05) is 29.5 Å². The fraction of sp³-hybridized carbons (Fsp3) is 0.357. The Bertz CT molecular complexity index is 607. The number of benzene rings is 1. The summed E-state index contributed by atoms with van der Waals surface area (Å²) in [5.74, 6) is -0.514. The molecule has 112 valence electrons. The molecule has 7 heteroatoms. The number of aliphatic hydroxyl groups excluding tert-OH is 1. The molecule has 2 rings (SSSR count). The van der Waals surface area contributed by atoms with Gasteiger partial charge in [-0.15, -0.1) is 5.10 Å². The molecule has 1 aromatic heterocycles. The second-order valence-corrected chi connectivity index (χ2v) is 4.55. The number of carbonyl (C=O) groups excluding carboxylic acids is 1. The van der Waals surface area contributed by atoms with E-state index in [0.717, 1.165) is 11.1 Å². The third-order valence-electron chi connectivity index (χ3n) is 3.14. The van der Waals surface area contributed by atoms with Crippen molar-refractivity contribution < 1.29 is 14.6 Å². The molecule has 0 spiro atoms. The fourth-order valence-electron chi connectivity index (χ4n) is 2.02. The van der Waals surface area contributed by atoms with Crippen LogP contribution in [0.3, 0.4) is 0 Å². The van der Waals surface area contributed by atoms with E-state index in [4.69, 9.17) is 15.6 Å². The summed E-state index contributed by atoms with van der Waals surface area (Å²) in [5.41, 5.74) is 8.28. The van der Waals surface area contributed by atoms with Crippen molar-refractivity contribution in [3.8, 4) is 0 Å². The molecule has 3 N–H and O–H groups in total. The predicted molar refractivity (Wildman–Crippen MR) is 75.6 cm³/mol. The molecule has 21 heavy (non-hydrogen) atoms. The van der Waals surface area contributed by atoms with Crippen molar-refractivity contribution in [2.75, 3.05) is 13.7 Å². The van der Waals surface area contributed by atoms with E-state index in [1.54, 1.807) is 4.68 Å². The average molecular weight is 290 g/mol. The van der Waals surface area contributed by atoms with Gasteiger partial charge in [0, 0.05) is 6.42 Å². The first-order chi connectivity index (χ1) is 10.2. The van der Waals surface area contributed by atoms with Crippen LogP contribution in [0.5, 0.6) is 0 Å². The molecule has 0 bridgehead atoms. The van der Waals surface area contributed by atoms with Crippen LogP contribution in [0.1, 0.15) is 27.3 Å². The minimum Gasteiger partial charge on any atom is -0.464 e. The topological polar surface area (TPSA) is 103 Å². The molecular weight excluding hydrogens is 272 g/mol. The second kappa shape index (κ2) is 6.96. The molecule has 2 aromatic rings. The van der Waals surface area contributed by atoms with Crippen LogP contribution in [0, 0.1) is 0 Å². The first-order valence-electron chi connectivity index (χ1n) is 6.59. The molecule has 7 nitrogen and oxygen atoms in total. The van der Waals surface area contributed by atoms with Gasteiger partial charge >= 0.3 is 5.97 Å². The summed E-state index contributed by atoms with van der Waals surface area (Å²) in [6, 6.07) is 7.49. The Labute approximate surface area is 122 Å². The van der Waals surface area contributed by atoms with E-state index >= 15 is 0 Å². The lowest BCUT2D eigenvalue weighted by Gasteiger charge is -2.07. The number of ether oxygens (including phenoxy) is 1. The van der Waals surface area contributed by atoms with Gasteiger partial charge in [-0.3, -0.25) is 0 Å². The normalized spacial score (nSPS) is 10.6. The highest BCUT2D eigenvalue weighted by Gasteiger charge is 2.19. The van der Waals surface area contributed by atoms with E-state index in [-0.39, 0.29) is 12.3 Å². The number of methoxy groups -OCH3 is 1. The van der Waals surface area contributed by atoms with Gasteiger partial charge in [0.1, 0.15) is 0 Å². The van der Waals surface area contributed by atoms with Crippen LogP contribution in [0.2, 0.25) is 0 Å². The number of esters is 1. The number of hydrogen-bond donors (Lipinski definition) is 2. The third kappa shape index (κ3) is 3.45. The fourth-order valence-corrected chi connectivity index (χ4v) is 2.02. The van der Waals surface area contributed by atoms with Gasteiger partial charge in [0.25, 0.3) is 0 Å². The molecule has 0 radical (unpaired) electrons. The molecule has 0 aliphatic rings. The number of rotatable bonds is 6. The zero-order valence-electron chi connectivity index (χ0n) is 11.8. The number of aromatic nitrogens is 3.